The molecule has 1 aliphatic heterocycles. The molecule has 4 aromatic rings. The van der Waals surface area contributed by atoms with Gasteiger partial charge >= 0.3 is 6.03 Å². The summed E-state index contributed by atoms with van der Waals surface area (Å²) in [5, 5.41) is 10.9. The zero-order chi connectivity index (χ0) is 28.4. The van der Waals surface area contributed by atoms with Crippen LogP contribution in [0.25, 0.3) is 0 Å². The Bertz CT molecular complexity index is 1740. The molecule has 0 radical (unpaired) electrons. The van der Waals surface area contributed by atoms with Crippen LogP contribution in [-0.4, -0.2) is 26.1 Å². The molecule has 0 aliphatic carbocycles. The lowest BCUT2D eigenvalue weighted by Gasteiger charge is -2.17. The van der Waals surface area contributed by atoms with E-state index in [0.29, 0.717) is 34.2 Å². The molecule has 0 aromatic heterocycles. The topological polar surface area (TPSA) is 134 Å². The van der Waals surface area contributed by atoms with Gasteiger partial charge < -0.3 is 15.5 Å². The average Bonchev–Trinajstić information content (AvgIpc) is 3.16. The summed E-state index contributed by atoms with van der Waals surface area (Å²) in [6.07, 6.45) is 0. The minimum atomic E-state index is -3.82. The number of hydrogen-bond acceptors (Lipinski definition) is 5. The van der Waals surface area contributed by atoms with Crippen LogP contribution in [0.4, 0.5) is 27.5 Å². The van der Waals surface area contributed by atoms with Gasteiger partial charge in [-0.2, -0.15) is 0 Å². The van der Waals surface area contributed by atoms with E-state index in [1.807, 2.05) is 37.3 Å². The second-order valence-electron chi connectivity index (χ2n) is 9.19. The summed E-state index contributed by atoms with van der Waals surface area (Å²) in [4.78, 5) is 32.1. The van der Waals surface area contributed by atoms with Gasteiger partial charge in [0.25, 0.3) is 5.91 Å². The van der Waals surface area contributed by atoms with Crippen LogP contribution in [0.3, 0.4) is 0 Å². The Morgan fingerprint density at radius 2 is 1.50 bits per heavy atom. The highest BCUT2D eigenvalue weighted by atomic mass is 35.5. The molecule has 4 N–H and O–H groups in total. The third-order valence-electron chi connectivity index (χ3n) is 6.22. The van der Waals surface area contributed by atoms with E-state index in [2.05, 4.69) is 15.6 Å². The third kappa shape index (κ3) is 6.04. The molecule has 9 nitrogen and oxygen atoms in total. The van der Waals surface area contributed by atoms with Crippen molar-refractivity contribution in [1.29, 1.82) is 0 Å². The molecule has 0 unspecified atom stereocenters. The maximum absolute atomic E-state index is 13.5. The van der Waals surface area contributed by atoms with Gasteiger partial charge in [-0.25, -0.2) is 23.3 Å². The van der Waals surface area contributed by atoms with E-state index in [1.54, 1.807) is 41.3 Å². The van der Waals surface area contributed by atoms with Crippen LogP contribution in [-0.2, 0) is 21.4 Å². The number of nitrogens with two attached hydrogens (primary N) is 1. The number of sulfonamides is 1. The number of carbonyl (C=O) groups is 2. The Morgan fingerprint density at radius 1 is 0.900 bits per heavy atom. The number of aliphatic imine (C=N–C) groups is 1. The third-order valence-corrected chi connectivity index (χ3v) is 7.38. The summed E-state index contributed by atoms with van der Waals surface area (Å²) < 4.78 is 22.8. The van der Waals surface area contributed by atoms with Gasteiger partial charge in [-0.1, -0.05) is 41.4 Å². The Morgan fingerprint density at radius 3 is 2.10 bits per heavy atom. The van der Waals surface area contributed by atoms with Gasteiger partial charge in [0.2, 0.25) is 10.0 Å². The first-order valence-electron chi connectivity index (χ1n) is 12.1. The molecule has 1 aliphatic rings. The monoisotopic (exact) mass is 573 g/mol. The van der Waals surface area contributed by atoms with Crippen molar-refractivity contribution in [3.05, 3.63) is 113 Å². The van der Waals surface area contributed by atoms with Gasteiger partial charge in [-0.15, -0.1) is 0 Å². The normalized spacial score (nSPS) is 13.8. The van der Waals surface area contributed by atoms with E-state index in [1.165, 1.54) is 24.3 Å². The maximum Gasteiger partial charge on any atom is 0.323 e. The van der Waals surface area contributed by atoms with Crippen molar-refractivity contribution in [3.8, 4) is 0 Å². The minimum Gasteiger partial charge on any atom is -0.308 e. The Kier molecular flexibility index (Phi) is 7.40. The van der Waals surface area contributed by atoms with Crippen LogP contribution in [0.1, 0.15) is 16.7 Å². The van der Waals surface area contributed by atoms with E-state index in [-0.39, 0.29) is 16.5 Å². The molecule has 202 valence electrons. The van der Waals surface area contributed by atoms with Crippen LogP contribution in [0.5, 0.6) is 0 Å². The van der Waals surface area contributed by atoms with Gasteiger partial charge in [0.15, 0.2) is 0 Å². The van der Waals surface area contributed by atoms with E-state index >= 15 is 0 Å². The van der Waals surface area contributed by atoms with Crippen LogP contribution >= 0.6 is 11.6 Å². The first-order valence-corrected chi connectivity index (χ1v) is 14.1. The predicted octanol–water partition coefficient (Wildman–Crippen LogP) is 5.61. The fourth-order valence-electron chi connectivity index (χ4n) is 4.20. The number of amides is 3. The second-order valence-corrected chi connectivity index (χ2v) is 11.2. The van der Waals surface area contributed by atoms with Crippen molar-refractivity contribution in [2.45, 2.75) is 18.4 Å². The van der Waals surface area contributed by atoms with Gasteiger partial charge in [0, 0.05) is 22.0 Å². The summed E-state index contributed by atoms with van der Waals surface area (Å²) in [5.74, 6) is -0.229. The lowest BCUT2D eigenvalue weighted by Crippen LogP contribution is -2.29. The first-order chi connectivity index (χ1) is 19.1. The molecular weight excluding hydrogens is 550 g/mol. The van der Waals surface area contributed by atoms with Gasteiger partial charge in [-0.05, 0) is 79.2 Å². The first kappa shape index (κ1) is 27.1. The molecule has 5 rings (SSSR count). The fraction of sp³-hybridized carbons (Fsp3) is 0.0690. The van der Waals surface area contributed by atoms with Crippen LogP contribution in [0.15, 0.2) is 101 Å². The number of benzene rings is 4. The van der Waals surface area contributed by atoms with E-state index < -0.39 is 16.1 Å². The predicted molar refractivity (Wildman–Crippen MR) is 157 cm³/mol. The Hall–Kier alpha value is -4.51. The van der Waals surface area contributed by atoms with Crippen molar-refractivity contribution >= 4 is 62.0 Å². The number of nitrogens with one attached hydrogen (secondary N) is 2. The van der Waals surface area contributed by atoms with Crippen molar-refractivity contribution in [2.24, 2.45) is 10.1 Å². The molecule has 0 fully saturated rings. The number of hydrogen-bond donors (Lipinski definition) is 3. The average molecular weight is 574 g/mol. The number of primary sulfonamides is 1. The summed E-state index contributed by atoms with van der Waals surface area (Å²) in [6, 6.07) is 24.9. The lowest BCUT2D eigenvalue weighted by molar-refractivity contribution is -0.112. The van der Waals surface area contributed by atoms with Crippen molar-refractivity contribution < 1.29 is 18.0 Å². The highest BCUT2D eigenvalue weighted by molar-refractivity contribution is 7.89. The Labute approximate surface area is 236 Å². The maximum atomic E-state index is 13.5. The summed E-state index contributed by atoms with van der Waals surface area (Å²) in [5.41, 5.74) is 5.21. The SMILES string of the molecule is Cc1ccc(CN2C(=O)C(=Nc3ccc(NC(=O)Nc4ccc(S(N)(=O)=O)cc4)cc3)c3cc(Cl)ccc32)cc1. The molecule has 1 heterocycles. The summed E-state index contributed by atoms with van der Waals surface area (Å²) >= 11 is 6.26. The molecule has 4 aromatic carbocycles. The number of aryl methyl sites for hydroxylation is 1. The number of fused-ring (bicyclic) bond motifs is 1. The molecule has 0 spiro atoms. The zero-order valence-corrected chi connectivity index (χ0v) is 22.8. The van der Waals surface area contributed by atoms with Crippen LogP contribution in [0.2, 0.25) is 5.02 Å². The smallest absolute Gasteiger partial charge is 0.308 e. The van der Waals surface area contributed by atoms with Crippen molar-refractivity contribution in [3.63, 3.8) is 0 Å². The molecule has 0 saturated heterocycles. The molecule has 0 atom stereocenters. The van der Waals surface area contributed by atoms with E-state index in [9.17, 15) is 18.0 Å². The zero-order valence-electron chi connectivity index (χ0n) is 21.3. The van der Waals surface area contributed by atoms with Crippen LogP contribution in [0, 0.1) is 6.92 Å². The van der Waals surface area contributed by atoms with Crippen molar-refractivity contribution in [2.75, 3.05) is 15.5 Å². The highest BCUT2D eigenvalue weighted by Gasteiger charge is 2.34. The number of urea groups is 1. The highest BCUT2D eigenvalue weighted by Crippen LogP contribution is 2.34. The van der Waals surface area contributed by atoms with Gasteiger partial charge in [0.05, 0.1) is 22.8 Å². The van der Waals surface area contributed by atoms with Gasteiger partial charge in [0.1, 0.15) is 5.71 Å². The Balaban J connectivity index is 1.31. The van der Waals surface area contributed by atoms with Crippen molar-refractivity contribution in [1.82, 2.24) is 0 Å². The molecule has 0 saturated carbocycles. The second kappa shape index (κ2) is 10.9. The largest absolute Gasteiger partial charge is 0.323 e. The summed E-state index contributed by atoms with van der Waals surface area (Å²) in [7, 11) is -3.82. The summed E-state index contributed by atoms with van der Waals surface area (Å²) in [6.45, 7) is 2.41. The lowest BCUT2D eigenvalue weighted by atomic mass is 10.1. The standard InChI is InChI=1S/C29H24ClN5O4S/c1-18-2-4-19(5-3-18)17-35-26-15-6-20(30)16-25(26)27(28(35)36)32-21-7-9-22(10-8-21)33-29(37)34-23-11-13-24(14-12-23)40(31,38)39/h2-16H,17H2,1H3,(H2,31,38,39)(H2,33,34,37). The van der Waals surface area contributed by atoms with Crippen LogP contribution < -0.4 is 20.7 Å². The molecule has 0 bridgehead atoms. The quantitative estimate of drug-likeness (QED) is 0.276. The number of nitrogens with zero attached hydrogens (tertiary/aromatic N) is 2. The van der Waals surface area contributed by atoms with E-state index in [4.69, 9.17) is 16.7 Å². The minimum absolute atomic E-state index is 0.0559. The van der Waals surface area contributed by atoms with E-state index in [0.717, 1.165) is 16.8 Å². The molecule has 3 amide bonds. The number of rotatable bonds is 6. The fourth-order valence-corrected chi connectivity index (χ4v) is 4.88. The number of carbonyl (C=O) groups excluding carboxylic acids is 2. The number of halogens is 1. The molecule has 40 heavy (non-hydrogen) atoms. The van der Waals surface area contributed by atoms with Gasteiger partial charge in [-0.3, -0.25) is 4.79 Å². The molecular formula is C29H24ClN5O4S. The number of anilines is 3. The molecule has 11 heteroatoms.